The summed E-state index contributed by atoms with van der Waals surface area (Å²) in [5.74, 6) is -0.891. The lowest BCUT2D eigenvalue weighted by atomic mass is 9.98. The van der Waals surface area contributed by atoms with E-state index in [1.54, 1.807) is 32.0 Å². The van der Waals surface area contributed by atoms with Crippen molar-refractivity contribution in [2.45, 2.75) is 62.4 Å². The van der Waals surface area contributed by atoms with Crippen molar-refractivity contribution in [3.8, 4) is 5.75 Å². The number of imidazole rings is 1. The summed E-state index contributed by atoms with van der Waals surface area (Å²) in [7, 11) is -3.02. The third-order valence-electron chi connectivity index (χ3n) is 6.24. The molecule has 1 aromatic carbocycles. The van der Waals surface area contributed by atoms with Crippen molar-refractivity contribution in [1.29, 1.82) is 0 Å². The fourth-order valence-electron chi connectivity index (χ4n) is 4.25. The number of carbonyl (C=O) groups excluding carboxylic acids is 1. The lowest BCUT2D eigenvalue weighted by Crippen LogP contribution is -2.53. The van der Waals surface area contributed by atoms with Crippen LogP contribution in [0.5, 0.6) is 5.75 Å². The number of para-hydroxylation sites is 1. The standard InChI is InChI=1S/C24H30ClF3N7O7P/c1-12(2)40-20(37)13(3)34-43(38,42-14-8-6-5-7-9-14)39-10-15-17(36)23(25,24(26,27)28)21(41-15)35-11-31-16-18(30-4)32-22(29)33-19(16)35/h5-9,11-13,15,17,21,36H,10H2,1-4H3,(H,34,38)(H3,29,30,32,33)/t13?,15-,17-,21-,23-,43?/m1/s1. The van der Waals surface area contributed by atoms with Crippen LogP contribution < -0.4 is 20.7 Å². The van der Waals surface area contributed by atoms with Crippen LogP contribution in [-0.4, -0.2) is 79.7 Å². The number of nitrogen functional groups attached to an aromatic ring is 1. The summed E-state index contributed by atoms with van der Waals surface area (Å²) in [6.07, 6.45) is -11.1. The fourth-order valence-corrected chi connectivity index (χ4v) is 6.05. The van der Waals surface area contributed by atoms with Gasteiger partial charge in [0.15, 0.2) is 23.2 Å². The van der Waals surface area contributed by atoms with Gasteiger partial charge in [0, 0.05) is 7.05 Å². The molecule has 3 aromatic rings. The van der Waals surface area contributed by atoms with Gasteiger partial charge in [0.25, 0.3) is 0 Å². The molecule has 0 bridgehead atoms. The molecule has 0 aliphatic carbocycles. The SMILES string of the molecule is CNc1nc(N)nc2c1ncn2[C@@H]1O[C@H](COP(=O)(NC(C)C(=O)OC(C)C)Oc2ccccc2)[C@@H](O)[C@]1(Cl)C(F)(F)F. The molecule has 1 fully saturated rings. The van der Waals surface area contributed by atoms with Crippen LogP contribution in [0, 0.1) is 0 Å². The van der Waals surface area contributed by atoms with Gasteiger partial charge in [-0.25, -0.2) is 9.55 Å². The van der Waals surface area contributed by atoms with Gasteiger partial charge in [0.1, 0.15) is 24.0 Å². The molecule has 0 radical (unpaired) electrons. The number of hydrogen-bond acceptors (Lipinski definition) is 12. The summed E-state index contributed by atoms with van der Waals surface area (Å²) < 4.78 is 79.8. The average Bonchev–Trinajstić information content (AvgIpc) is 3.45. The molecule has 3 heterocycles. The Morgan fingerprint density at radius 2 is 1.95 bits per heavy atom. The summed E-state index contributed by atoms with van der Waals surface area (Å²) in [6, 6.07) is 6.45. The molecule has 2 aromatic heterocycles. The Labute approximate surface area is 248 Å². The van der Waals surface area contributed by atoms with Crippen LogP contribution in [0.3, 0.4) is 0 Å². The number of hydrogen-bond donors (Lipinski definition) is 4. The molecule has 1 aliphatic rings. The van der Waals surface area contributed by atoms with Crippen LogP contribution in [0.2, 0.25) is 0 Å². The Morgan fingerprint density at radius 3 is 2.56 bits per heavy atom. The Morgan fingerprint density at radius 1 is 1.28 bits per heavy atom. The third-order valence-corrected chi connectivity index (χ3v) is 8.51. The van der Waals surface area contributed by atoms with Gasteiger partial charge in [-0.1, -0.05) is 18.2 Å². The van der Waals surface area contributed by atoms with Gasteiger partial charge < -0.3 is 30.2 Å². The van der Waals surface area contributed by atoms with E-state index in [1.165, 1.54) is 26.1 Å². The molecular formula is C24H30ClF3N7O7P. The van der Waals surface area contributed by atoms with Crippen LogP contribution in [-0.2, 0) is 23.4 Å². The molecule has 6 atom stereocenters. The molecule has 4 rings (SSSR count). The number of aliphatic hydroxyl groups excluding tert-OH is 1. The minimum atomic E-state index is -5.24. The smallest absolute Gasteiger partial charge is 0.459 e. The van der Waals surface area contributed by atoms with Crippen molar-refractivity contribution in [3.05, 3.63) is 36.7 Å². The van der Waals surface area contributed by atoms with E-state index >= 15 is 0 Å². The molecule has 5 N–H and O–H groups in total. The highest BCUT2D eigenvalue weighted by molar-refractivity contribution is 7.52. The van der Waals surface area contributed by atoms with Crippen LogP contribution in [0.25, 0.3) is 11.2 Å². The zero-order valence-corrected chi connectivity index (χ0v) is 24.9. The quantitative estimate of drug-likeness (QED) is 0.134. The number of anilines is 2. The number of esters is 1. The van der Waals surface area contributed by atoms with E-state index < -0.39 is 62.0 Å². The zero-order valence-electron chi connectivity index (χ0n) is 23.3. The lowest BCUT2D eigenvalue weighted by molar-refractivity contribution is -0.195. The molecule has 0 amide bonds. The molecule has 0 saturated carbocycles. The lowest BCUT2D eigenvalue weighted by Gasteiger charge is -2.32. The van der Waals surface area contributed by atoms with E-state index in [9.17, 15) is 27.6 Å². The number of fused-ring (bicyclic) bond motifs is 1. The molecule has 2 unspecified atom stereocenters. The highest BCUT2D eigenvalue weighted by Crippen LogP contribution is 2.55. The topological polar surface area (TPSA) is 185 Å². The summed E-state index contributed by atoms with van der Waals surface area (Å²) in [5, 5.41) is 16.0. The largest absolute Gasteiger partial charge is 0.462 e. The molecule has 1 saturated heterocycles. The van der Waals surface area contributed by atoms with Gasteiger partial charge in [-0.3, -0.25) is 13.9 Å². The maximum absolute atomic E-state index is 14.5. The Balaban J connectivity index is 1.65. The summed E-state index contributed by atoms with van der Waals surface area (Å²) >= 11 is 6.15. The van der Waals surface area contributed by atoms with Crippen LogP contribution in [0.15, 0.2) is 36.7 Å². The molecule has 0 spiro atoms. The van der Waals surface area contributed by atoms with E-state index in [4.69, 9.17) is 35.9 Å². The Hall–Kier alpha value is -3.21. The van der Waals surface area contributed by atoms with Crippen molar-refractivity contribution < 1.29 is 46.2 Å². The average molecular weight is 652 g/mol. The number of nitrogens with one attached hydrogen (secondary N) is 2. The normalized spacial score (nSPS) is 24.6. The summed E-state index contributed by atoms with van der Waals surface area (Å²) in [6.45, 7) is 3.63. The zero-order chi connectivity index (χ0) is 31.7. The van der Waals surface area contributed by atoms with Gasteiger partial charge in [-0.05, 0) is 32.9 Å². The number of carbonyl (C=O) groups is 1. The Bertz CT molecular complexity index is 1500. The van der Waals surface area contributed by atoms with E-state index in [0.717, 1.165) is 10.9 Å². The van der Waals surface area contributed by atoms with Gasteiger partial charge in [0.05, 0.1) is 19.0 Å². The molecule has 14 nitrogen and oxygen atoms in total. The van der Waals surface area contributed by atoms with Crippen molar-refractivity contribution >= 4 is 48.2 Å². The number of alkyl halides is 4. The number of ether oxygens (including phenoxy) is 2. The second-order valence-electron chi connectivity index (χ2n) is 9.78. The Kier molecular flexibility index (Phi) is 9.44. The van der Waals surface area contributed by atoms with Crippen LogP contribution >= 0.6 is 19.3 Å². The summed E-state index contributed by atoms with van der Waals surface area (Å²) in [5.41, 5.74) is 5.62. The predicted molar refractivity (Wildman–Crippen MR) is 148 cm³/mol. The van der Waals surface area contributed by atoms with Gasteiger partial charge in [0.2, 0.25) is 10.8 Å². The number of aromatic nitrogens is 4. The van der Waals surface area contributed by atoms with Crippen molar-refractivity contribution in [2.24, 2.45) is 0 Å². The maximum Gasteiger partial charge on any atom is 0.459 e. The van der Waals surface area contributed by atoms with Crippen molar-refractivity contribution in [2.75, 3.05) is 24.7 Å². The van der Waals surface area contributed by atoms with Crippen molar-refractivity contribution in [3.63, 3.8) is 0 Å². The number of aliphatic hydroxyl groups is 1. The fraction of sp³-hybridized carbons (Fsp3) is 0.500. The van der Waals surface area contributed by atoms with Crippen LogP contribution in [0.4, 0.5) is 24.9 Å². The van der Waals surface area contributed by atoms with E-state index in [2.05, 4.69) is 25.4 Å². The van der Waals surface area contributed by atoms with E-state index in [-0.39, 0.29) is 28.7 Å². The van der Waals surface area contributed by atoms with Gasteiger partial charge >= 0.3 is 19.9 Å². The molecule has 236 valence electrons. The number of nitrogens with two attached hydrogens (primary N) is 1. The van der Waals surface area contributed by atoms with Gasteiger partial charge in [-0.2, -0.15) is 28.2 Å². The minimum Gasteiger partial charge on any atom is -0.462 e. The number of benzene rings is 1. The van der Waals surface area contributed by atoms with E-state index in [1.807, 2.05) is 0 Å². The first kappa shape index (κ1) is 32.7. The van der Waals surface area contributed by atoms with Gasteiger partial charge in [-0.15, -0.1) is 11.6 Å². The second kappa shape index (κ2) is 12.4. The first-order valence-electron chi connectivity index (χ1n) is 12.8. The highest BCUT2D eigenvalue weighted by Gasteiger charge is 2.71. The molecule has 1 aliphatic heterocycles. The molecule has 19 heteroatoms. The monoisotopic (exact) mass is 651 g/mol. The van der Waals surface area contributed by atoms with Crippen LogP contribution in [0.1, 0.15) is 27.0 Å². The summed E-state index contributed by atoms with van der Waals surface area (Å²) in [4.78, 5) is 20.9. The third kappa shape index (κ3) is 6.66. The molecular weight excluding hydrogens is 622 g/mol. The van der Waals surface area contributed by atoms with E-state index in [0.29, 0.717) is 0 Å². The maximum atomic E-state index is 14.5. The second-order valence-corrected chi connectivity index (χ2v) is 12.1. The number of nitrogens with zero attached hydrogens (tertiary/aromatic N) is 4. The highest BCUT2D eigenvalue weighted by atomic mass is 35.5. The number of rotatable bonds is 11. The molecule has 43 heavy (non-hydrogen) atoms. The van der Waals surface area contributed by atoms with Crippen molar-refractivity contribution in [1.82, 2.24) is 24.6 Å². The first-order chi connectivity index (χ1) is 20.1. The minimum absolute atomic E-state index is 0.0537. The predicted octanol–water partition coefficient (Wildman–Crippen LogP) is 3.38. The first-order valence-corrected chi connectivity index (χ1v) is 14.8. The number of halogens is 4.